The van der Waals surface area contributed by atoms with Crippen LogP contribution in [0.2, 0.25) is 0 Å². The van der Waals surface area contributed by atoms with Gasteiger partial charge in [0.25, 0.3) is 0 Å². The second-order valence-corrected chi connectivity index (χ2v) is 8.35. The van der Waals surface area contributed by atoms with Crippen molar-refractivity contribution in [2.24, 2.45) is 0 Å². The molecule has 0 saturated carbocycles. The average Bonchev–Trinajstić information content (AvgIpc) is 3.22. The Morgan fingerprint density at radius 1 is 1.07 bits per heavy atom. The third-order valence-electron chi connectivity index (χ3n) is 5.16. The number of aromatic nitrogens is 1. The van der Waals surface area contributed by atoms with Crippen molar-refractivity contribution >= 4 is 17.4 Å². The second-order valence-electron chi connectivity index (χ2n) is 7.40. The van der Waals surface area contributed by atoms with Crippen molar-refractivity contribution in [3.8, 4) is 11.3 Å². The molecule has 150 valence electrons. The quantitative estimate of drug-likeness (QED) is 0.693. The first-order chi connectivity index (χ1) is 14.2. The van der Waals surface area contributed by atoms with Crippen molar-refractivity contribution in [1.82, 2.24) is 20.1 Å². The van der Waals surface area contributed by atoms with Crippen LogP contribution in [0.5, 0.6) is 0 Å². The Morgan fingerprint density at radius 3 is 2.62 bits per heavy atom. The number of amides is 2. The van der Waals surface area contributed by atoms with Gasteiger partial charge in [0.2, 0.25) is 0 Å². The highest BCUT2D eigenvalue weighted by atomic mass is 32.1. The summed E-state index contributed by atoms with van der Waals surface area (Å²) in [7, 11) is 0. The monoisotopic (exact) mass is 406 g/mol. The number of benzene rings is 2. The Bertz CT molecular complexity index is 948. The van der Waals surface area contributed by atoms with E-state index in [4.69, 9.17) is 0 Å². The summed E-state index contributed by atoms with van der Waals surface area (Å²) in [5.41, 5.74) is 4.69. The first-order valence-corrected chi connectivity index (χ1v) is 10.9. The van der Waals surface area contributed by atoms with E-state index in [1.54, 1.807) is 11.3 Å². The molecule has 1 fully saturated rings. The zero-order chi connectivity index (χ0) is 20.1. The highest BCUT2D eigenvalue weighted by Gasteiger charge is 2.21. The smallest absolute Gasteiger partial charge is 0.317 e. The van der Waals surface area contributed by atoms with Crippen LogP contribution in [-0.2, 0) is 13.1 Å². The number of nitrogens with zero attached hydrogens (tertiary/aromatic N) is 3. The van der Waals surface area contributed by atoms with Gasteiger partial charge in [-0.1, -0.05) is 60.2 Å². The fraction of sp³-hybridized carbons (Fsp3) is 0.304. The minimum Gasteiger partial charge on any atom is -0.331 e. The van der Waals surface area contributed by atoms with Gasteiger partial charge in [-0.2, -0.15) is 0 Å². The third kappa shape index (κ3) is 5.22. The third-order valence-corrected chi connectivity index (χ3v) is 6.01. The number of aryl methyl sites for hydroxylation is 1. The highest BCUT2D eigenvalue weighted by molar-refractivity contribution is 7.09. The van der Waals surface area contributed by atoms with Crippen molar-refractivity contribution in [3.05, 3.63) is 76.1 Å². The normalized spacial score (nSPS) is 14.7. The zero-order valence-corrected chi connectivity index (χ0v) is 17.5. The molecule has 0 spiro atoms. The lowest BCUT2D eigenvalue weighted by Gasteiger charge is -2.34. The van der Waals surface area contributed by atoms with Gasteiger partial charge in [-0.25, -0.2) is 9.78 Å². The van der Waals surface area contributed by atoms with E-state index in [0.29, 0.717) is 6.54 Å². The summed E-state index contributed by atoms with van der Waals surface area (Å²) >= 11 is 1.58. The van der Waals surface area contributed by atoms with E-state index in [1.165, 1.54) is 11.1 Å². The summed E-state index contributed by atoms with van der Waals surface area (Å²) in [4.78, 5) is 21.5. The highest BCUT2D eigenvalue weighted by Crippen LogP contribution is 2.21. The number of carbonyl (C=O) groups excluding carboxylic acids is 1. The van der Waals surface area contributed by atoms with Gasteiger partial charge < -0.3 is 10.2 Å². The second kappa shape index (κ2) is 9.20. The molecule has 29 heavy (non-hydrogen) atoms. The van der Waals surface area contributed by atoms with Crippen LogP contribution < -0.4 is 5.32 Å². The van der Waals surface area contributed by atoms with Gasteiger partial charge in [0.1, 0.15) is 5.01 Å². The SMILES string of the molecule is Cc1cccc(CN2CCN(C(=O)NCc3nc(-c4ccccc4)cs3)CC2)c1. The maximum absolute atomic E-state index is 12.5. The topological polar surface area (TPSA) is 48.5 Å². The predicted molar refractivity (Wildman–Crippen MR) is 118 cm³/mol. The number of hydrogen-bond acceptors (Lipinski definition) is 4. The molecule has 1 aliphatic rings. The minimum atomic E-state index is -0.00309. The number of carbonyl (C=O) groups is 1. The molecule has 6 heteroatoms. The van der Waals surface area contributed by atoms with E-state index in [-0.39, 0.29) is 6.03 Å². The van der Waals surface area contributed by atoms with Crippen LogP contribution >= 0.6 is 11.3 Å². The number of rotatable bonds is 5. The van der Waals surface area contributed by atoms with Gasteiger partial charge in [0.05, 0.1) is 12.2 Å². The molecule has 2 aromatic carbocycles. The molecule has 5 nitrogen and oxygen atoms in total. The Balaban J connectivity index is 1.24. The molecule has 0 atom stereocenters. The number of urea groups is 1. The van der Waals surface area contributed by atoms with Crippen molar-refractivity contribution < 1.29 is 4.79 Å². The number of piperazine rings is 1. The van der Waals surface area contributed by atoms with E-state index in [2.05, 4.69) is 46.4 Å². The van der Waals surface area contributed by atoms with Crippen molar-refractivity contribution in [1.29, 1.82) is 0 Å². The first-order valence-electron chi connectivity index (χ1n) is 9.98. The number of thiazole rings is 1. The molecular formula is C23H26N4OS. The fourth-order valence-electron chi connectivity index (χ4n) is 3.57. The average molecular weight is 407 g/mol. The van der Waals surface area contributed by atoms with Crippen LogP contribution in [0, 0.1) is 6.92 Å². The summed E-state index contributed by atoms with van der Waals surface area (Å²) in [5.74, 6) is 0. The molecule has 0 aliphatic carbocycles. The molecule has 2 amide bonds. The van der Waals surface area contributed by atoms with Crippen LogP contribution in [0.3, 0.4) is 0 Å². The van der Waals surface area contributed by atoms with E-state index in [0.717, 1.165) is 49.0 Å². The van der Waals surface area contributed by atoms with E-state index in [1.807, 2.05) is 40.6 Å². The molecule has 1 aromatic heterocycles. The van der Waals surface area contributed by atoms with Gasteiger partial charge in [0, 0.05) is 43.7 Å². The molecule has 0 radical (unpaired) electrons. The molecule has 1 saturated heterocycles. The lowest BCUT2D eigenvalue weighted by molar-refractivity contribution is 0.135. The van der Waals surface area contributed by atoms with Crippen molar-refractivity contribution in [3.63, 3.8) is 0 Å². The predicted octanol–water partition coefficient (Wildman–Crippen LogP) is 4.15. The van der Waals surface area contributed by atoms with Gasteiger partial charge in [-0.05, 0) is 12.5 Å². The van der Waals surface area contributed by atoms with Crippen LogP contribution in [-0.4, -0.2) is 47.0 Å². The summed E-state index contributed by atoms with van der Waals surface area (Å²) in [6.45, 7) is 6.85. The fourth-order valence-corrected chi connectivity index (χ4v) is 4.32. The molecule has 1 N–H and O–H groups in total. The Kier molecular flexibility index (Phi) is 6.22. The molecule has 1 aliphatic heterocycles. The van der Waals surface area contributed by atoms with E-state index < -0.39 is 0 Å². The minimum absolute atomic E-state index is 0.00309. The summed E-state index contributed by atoms with van der Waals surface area (Å²) in [6.07, 6.45) is 0. The van der Waals surface area contributed by atoms with Gasteiger partial charge in [-0.3, -0.25) is 4.90 Å². The van der Waals surface area contributed by atoms with Gasteiger partial charge in [-0.15, -0.1) is 11.3 Å². The van der Waals surface area contributed by atoms with Crippen LogP contribution in [0.15, 0.2) is 60.0 Å². The maximum Gasteiger partial charge on any atom is 0.317 e. The lowest BCUT2D eigenvalue weighted by atomic mass is 10.1. The molecule has 0 bridgehead atoms. The Labute approximate surface area is 176 Å². The zero-order valence-electron chi connectivity index (χ0n) is 16.7. The summed E-state index contributed by atoms with van der Waals surface area (Å²) in [6, 6.07) is 18.7. The van der Waals surface area contributed by atoms with Crippen molar-refractivity contribution in [2.45, 2.75) is 20.0 Å². The molecule has 3 aromatic rings. The number of nitrogens with one attached hydrogen (secondary N) is 1. The molecule has 0 unspecified atom stereocenters. The Hall–Kier alpha value is -2.70. The van der Waals surface area contributed by atoms with Crippen LogP contribution in [0.1, 0.15) is 16.1 Å². The van der Waals surface area contributed by atoms with E-state index >= 15 is 0 Å². The molecule has 2 heterocycles. The van der Waals surface area contributed by atoms with Crippen LogP contribution in [0.4, 0.5) is 4.79 Å². The summed E-state index contributed by atoms with van der Waals surface area (Å²) in [5, 5.41) is 5.99. The van der Waals surface area contributed by atoms with Crippen molar-refractivity contribution in [2.75, 3.05) is 26.2 Å². The largest absolute Gasteiger partial charge is 0.331 e. The van der Waals surface area contributed by atoms with Crippen LogP contribution in [0.25, 0.3) is 11.3 Å². The molecular weight excluding hydrogens is 380 g/mol. The van der Waals surface area contributed by atoms with Gasteiger partial charge in [0.15, 0.2) is 0 Å². The first kappa shape index (κ1) is 19.6. The maximum atomic E-state index is 12.5. The summed E-state index contributed by atoms with van der Waals surface area (Å²) < 4.78 is 0. The van der Waals surface area contributed by atoms with Gasteiger partial charge >= 0.3 is 6.03 Å². The number of hydrogen-bond donors (Lipinski definition) is 1. The Morgan fingerprint density at radius 2 is 1.86 bits per heavy atom. The standard InChI is InChI=1S/C23H26N4OS/c1-18-6-5-7-19(14-18)16-26-10-12-27(13-11-26)23(28)24-15-22-25-21(17-29-22)20-8-3-2-4-9-20/h2-9,14,17H,10-13,15-16H2,1H3,(H,24,28). The lowest BCUT2D eigenvalue weighted by Crippen LogP contribution is -2.51. The van der Waals surface area contributed by atoms with E-state index in [9.17, 15) is 4.79 Å². The molecule has 4 rings (SSSR count).